The van der Waals surface area contributed by atoms with E-state index in [4.69, 9.17) is 0 Å². The first-order valence-corrected chi connectivity index (χ1v) is 9.23. The highest BCUT2D eigenvalue weighted by atomic mass is 16.1. The molecule has 1 saturated carbocycles. The third-order valence-electron chi connectivity index (χ3n) is 6.99. The summed E-state index contributed by atoms with van der Waals surface area (Å²) in [5.41, 5.74) is 5.68. The normalized spacial score (nSPS) is 36.0. The number of carbonyl (C=O) groups excluding carboxylic acids is 2. The minimum absolute atomic E-state index is 0.0234. The van der Waals surface area contributed by atoms with Gasteiger partial charge in [0.05, 0.1) is 0 Å². The Hall–Kier alpha value is -1.44. The number of hydrogen-bond acceptors (Lipinski definition) is 2. The van der Waals surface area contributed by atoms with Gasteiger partial charge < -0.3 is 0 Å². The summed E-state index contributed by atoms with van der Waals surface area (Å²) in [7, 11) is 0. The molecule has 0 amide bonds. The first-order valence-electron chi connectivity index (χ1n) is 9.23. The van der Waals surface area contributed by atoms with Gasteiger partial charge in [-0.3, -0.25) is 9.59 Å². The maximum atomic E-state index is 12.1. The molecule has 2 unspecified atom stereocenters. The molecule has 4 rings (SSSR count). The molecule has 4 aliphatic carbocycles. The average Bonchev–Trinajstić information content (AvgIpc) is 2.94. The van der Waals surface area contributed by atoms with E-state index < -0.39 is 0 Å². The van der Waals surface area contributed by atoms with Crippen LogP contribution in [0.25, 0.3) is 0 Å². The van der Waals surface area contributed by atoms with Crippen molar-refractivity contribution in [3.63, 3.8) is 0 Å². The van der Waals surface area contributed by atoms with Gasteiger partial charge in [-0.15, -0.1) is 0 Å². The maximum Gasteiger partial charge on any atom is 0.156 e. The van der Waals surface area contributed by atoms with E-state index in [2.05, 4.69) is 19.1 Å². The lowest BCUT2D eigenvalue weighted by Gasteiger charge is -2.49. The number of Topliss-reactive ketones (excluding diaryl/α,β-unsaturated/α-hetero) is 2. The largest absolute Gasteiger partial charge is 0.299 e. The Labute approximate surface area is 138 Å². The minimum Gasteiger partial charge on any atom is -0.299 e. The van der Waals surface area contributed by atoms with Gasteiger partial charge in [-0.25, -0.2) is 0 Å². The fourth-order valence-electron chi connectivity index (χ4n) is 5.94. The monoisotopic (exact) mass is 310 g/mol. The van der Waals surface area contributed by atoms with E-state index in [9.17, 15) is 9.59 Å². The summed E-state index contributed by atoms with van der Waals surface area (Å²) in [5.74, 6) is 1.92. The number of hydrogen-bond donors (Lipinski definition) is 0. The van der Waals surface area contributed by atoms with Gasteiger partial charge in [-0.1, -0.05) is 35.8 Å². The van der Waals surface area contributed by atoms with Crippen molar-refractivity contribution in [3.8, 4) is 0 Å². The van der Waals surface area contributed by atoms with Crippen molar-refractivity contribution in [2.45, 2.75) is 65.2 Å². The van der Waals surface area contributed by atoms with Crippen LogP contribution in [0, 0.1) is 17.3 Å². The summed E-state index contributed by atoms with van der Waals surface area (Å²) in [6.07, 6.45) is 12.4. The van der Waals surface area contributed by atoms with E-state index >= 15 is 0 Å². The second-order valence-electron chi connectivity index (χ2n) is 7.83. The second-order valence-corrected chi connectivity index (χ2v) is 7.83. The molecule has 0 aromatic rings. The summed E-state index contributed by atoms with van der Waals surface area (Å²) >= 11 is 0. The average molecular weight is 310 g/mol. The van der Waals surface area contributed by atoms with E-state index in [1.54, 1.807) is 12.5 Å². The first-order chi connectivity index (χ1) is 11.1. The minimum atomic E-state index is 0.0234. The Morgan fingerprint density at radius 2 is 2.00 bits per heavy atom. The molecule has 122 valence electrons. The molecule has 0 spiro atoms. The zero-order valence-corrected chi connectivity index (χ0v) is 14.3. The molecule has 0 heterocycles. The summed E-state index contributed by atoms with van der Waals surface area (Å²) < 4.78 is 0. The molecule has 0 radical (unpaired) electrons. The van der Waals surface area contributed by atoms with E-state index in [1.165, 1.54) is 24.0 Å². The number of ketones is 2. The fourth-order valence-corrected chi connectivity index (χ4v) is 5.94. The molecule has 1 fully saturated rings. The molecule has 4 aliphatic rings. The SMILES string of the molecule is CC[C@]12CCC3C4=C(CCC3C1=CC=C2C(C)=O)CC(=O)CC4. The Kier molecular flexibility index (Phi) is 3.48. The van der Waals surface area contributed by atoms with Crippen LogP contribution in [0.2, 0.25) is 0 Å². The molecule has 0 saturated heterocycles. The summed E-state index contributed by atoms with van der Waals surface area (Å²) in [6.45, 7) is 3.96. The molecule has 0 bridgehead atoms. The van der Waals surface area contributed by atoms with Gasteiger partial charge >= 0.3 is 0 Å². The van der Waals surface area contributed by atoms with E-state index in [0.29, 0.717) is 24.0 Å². The van der Waals surface area contributed by atoms with Crippen LogP contribution in [0.1, 0.15) is 65.2 Å². The first kappa shape index (κ1) is 15.1. The van der Waals surface area contributed by atoms with Gasteiger partial charge in [-0.2, -0.15) is 0 Å². The number of fused-ring (bicyclic) bond motifs is 4. The smallest absolute Gasteiger partial charge is 0.156 e. The van der Waals surface area contributed by atoms with Crippen molar-refractivity contribution in [2.24, 2.45) is 17.3 Å². The van der Waals surface area contributed by atoms with Crippen LogP contribution < -0.4 is 0 Å². The van der Waals surface area contributed by atoms with E-state index in [-0.39, 0.29) is 11.2 Å². The van der Waals surface area contributed by atoms with Gasteiger partial charge in [0.2, 0.25) is 0 Å². The van der Waals surface area contributed by atoms with Crippen LogP contribution in [0.4, 0.5) is 0 Å². The predicted octanol–water partition coefficient (Wildman–Crippen LogP) is 4.71. The van der Waals surface area contributed by atoms with Crippen molar-refractivity contribution < 1.29 is 9.59 Å². The van der Waals surface area contributed by atoms with Crippen molar-refractivity contribution in [2.75, 3.05) is 0 Å². The third kappa shape index (κ3) is 2.07. The Bertz CT molecular complexity index is 676. The van der Waals surface area contributed by atoms with Gasteiger partial charge in [0.25, 0.3) is 0 Å². The highest BCUT2D eigenvalue weighted by Gasteiger charge is 2.50. The Balaban J connectivity index is 1.69. The topological polar surface area (TPSA) is 34.1 Å². The van der Waals surface area contributed by atoms with Gasteiger partial charge in [0.1, 0.15) is 5.78 Å². The van der Waals surface area contributed by atoms with Crippen LogP contribution in [0.3, 0.4) is 0 Å². The molecule has 0 aliphatic heterocycles. The molecule has 3 atom stereocenters. The van der Waals surface area contributed by atoms with Crippen LogP contribution in [-0.4, -0.2) is 11.6 Å². The summed E-state index contributed by atoms with van der Waals surface area (Å²) in [5, 5.41) is 0. The van der Waals surface area contributed by atoms with Crippen molar-refractivity contribution in [3.05, 3.63) is 34.4 Å². The highest BCUT2D eigenvalue weighted by molar-refractivity contribution is 5.97. The zero-order valence-electron chi connectivity index (χ0n) is 14.3. The summed E-state index contributed by atoms with van der Waals surface area (Å²) in [6, 6.07) is 0. The van der Waals surface area contributed by atoms with Gasteiger partial charge in [0, 0.05) is 23.8 Å². The Morgan fingerprint density at radius 1 is 1.17 bits per heavy atom. The number of carbonyl (C=O) groups is 2. The van der Waals surface area contributed by atoms with Crippen LogP contribution >= 0.6 is 0 Å². The lowest BCUT2D eigenvalue weighted by atomic mass is 9.54. The van der Waals surface area contributed by atoms with E-state index in [0.717, 1.165) is 37.7 Å². The Morgan fingerprint density at radius 3 is 2.74 bits per heavy atom. The van der Waals surface area contributed by atoms with Crippen LogP contribution in [-0.2, 0) is 9.59 Å². The molecule has 0 aromatic heterocycles. The molecule has 2 nitrogen and oxygen atoms in total. The molecule has 2 heteroatoms. The van der Waals surface area contributed by atoms with E-state index in [1.807, 2.05) is 0 Å². The van der Waals surface area contributed by atoms with Crippen molar-refractivity contribution >= 4 is 11.6 Å². The molecule has 23 heavy (non-hydrogen) atoms. The summed E-state index contributed by atoms with van der Waals surface area (Å²) in [4.78, 5) is 23.9. The second kappa shape index (κ2) is 5.29. The lowest BCUT2D eigenvalue weighted by molar-refractivity contribution is -0.119. The molecule has 0 N–H and O–H groups in total. The quantitative estimate of drug-likeness (QED) is 0.692. The molecule has 0 aromatic carbocycles. The predicted molar refractivity (Wildman–Crippen MR) is 90.9 cm³/mol. The number of rotatable bonds is 2. The molecular weight excluding hydrogens is 284 g/mol. The van der Waals surface area contributed by atoms with Gasteiger partial charge in [-0.05, 0) is 57.3 Å². The standard InChI is InChI=1S/C21H26O2/c1-3-21-11-10-17-16-7-5-15(23)12-14(16)4-6-18(17)20(21)9-8-19(21)13(2)22/h8-9,17-18H,3-7,10-12H2,1-2H3/t17?,18?,21-/m1/s1. The van der Waals surface area contributed by atoms with Gasteiger partial charge in [0.15, 0.2) is 5.78 Å². The highest BCUT2D eigenvalue weighted by Crippen LogP contribution is 2.60. The maximum absolute atomic E-state index is 12.1. The zero-order chi connectivity index (χ0) is 16.2. The van der Waals surface area contributed by atoms with Crippen molar-refractivity contribution in [1.29, 1.82) is 0 Å². The van der Waals surface area contributed by atoms with Crippen LogP contribution in [0.5, 0.6) is 0 Å². The third-order valence-corrected chi connectivity index (χ3v) is 6.99. The molecular formula is C21H26O2. The van der Waals surface area contributed by atoms with Crippen LogP contribution in [0.15, 0.2) is 34.4 Å². The lowest BCUT2D eigenvalue weighted by Crippen LogP contribution is -2.40. The van der Waals surface area contributed by atoms with Crippen molar-refractivity contribution in [1.82, 2.24) is 0 Å². The number of allylic oxidation sites excluding steroid dienone is 6. The fraction of sp³-hybridized carbons (Fsp3) is 0.619.